The summed E-state index contributed by atoms with van der Waals surface area (Å²) in [4.78, 5) is 5.03. The number of nitrogens with zero attached hydrogens (tertiary/aromatic N) is 1. The highest BCUT2D eigenvalue weighted by Gasteiger charge is 2.16. The molecule has 28 heavy (non-hydrogen) atoms. The van der Waals surface area contributed by atoms with E-state index in [9.17, 15) is 0 Å². The Bertz CT molecular complexity index is 1110. The Morgan fingerprint density at radius 3 is 2.14 bits per heavy atom. The summed E-state index contributed by atoms with van der Waals surface area (Å²) in [6.07, 6.45) is 2.77. The average Bonchev–Trinajstić information content (AvgIpc) is 3.19. The van der Waals surface area contributed by atoms with E-state index in [1.807, 2.05) is 12.1 Å². The first-order valence-electron chi connectivity index (χ1n) is 9.65. The van der Waals surface area contributed by atoms with Crippen LogP contribution in [0.5, 0.6) is 11.5 Å². The Hall–Kier alpha value is -3.33. The summed E-state index contributed by atoms with van der Waals surface area (Å²) < 4.78 is 11.1. The molecule has 0 saturated carbocycles. The molecule has 0 saturated heterocycles. The summed E-state index contributed by atoms with van der Waals surface area (Å²) in [5, 5.41) is 1.10. The lowest BCUT2D eigenvalue weighted by Gasteiger charge is -2.12. The lowest BCUT2D eigenvalue weighted by Crippen LogP contribution is -2.02. The summed E-state index contributed by atoms with van der Waals surface area (Å²) in [5.74, 6) is 1.59. The fourth-order valence-electron chi connectivity index (χ4n) is 3.74. The van der Waals surface area contributed by atoms with E-state index in [1.165, 1.54) is 16.7 Å². The van der Waals surface area contributed by atoms with Crippen LogP contribution in [-0.4, -0.2) is 11.8 Å². The molecule has 0 spiro atoms. The Labute approximate surface area is 164 Å². The highest BCUT2D eigenvalue weighted by molar-refractivity contribution is 5.84. The summed E-state index contributed by atoms with van der Waals surface area (Å²) in [7, 11) is 0. The molecule has 3 nitrogen and oxygen atoms in total. The highest BCUT2D eigenvalue weighted by atomic mass is 16.7. The number of hydrogen-bond acceptors (Lipinski definition) is 3. The van der Waals surface area contributed by atoms with E-state index in [4.69, 9.17) is 14.5 Å². The normalized spacial score (nSPS) is 12.4. The van der Waals surface area contributed by atoms with E-state index in [-0.39, 0.29) is 6.79 Å². The molecule has 1 aromatic heterocycles. The lowest BCUT2D eigenvalue weighted by atomic mass is 9.97. The van der Waals surface area contributed by atoms with Crippen LogP contribution in [0.15, 0.2) is 78.9 Å². The van der Waals surface area contributed by atoms with E-state index >= 15 is 0 Å². The molecule has 0 unspecified atom stereocenters. The highest BCUT2D eigenvalue weighted by Crippen LogP contribution is 2.36. The van der Waals surface area contributed by atoms with Gasteiger partial charge in [-0.25, -0.2) is 0 Å². The van der Waals surface area contributed by atoms with Crippen LogP contribution in [0.3, 0.4) is 0 Å². The van der Waals surface area contributed by atoms with Gasteiger partial charge in [-0.15, -0.1) is 0 Å². The first-order valence-corrected chi connectivity index (χ1v) is 9.65. The fraction of sp³-hybridized carbons (Fsp3) is 0.160. The molecule has 0 amide bonds. The molecule has 2 heterocycles. The van der Waals surface area contributed by atoms with E-state index in [2.05, 4.69) is 66.7 Å². The van der Waals surface area contributed by atoms with Crippen molar-refractivity contribution < 1.29 is 9.47 Å². The molecule has 4 aromatic rings. The molecule has 0 N–H and O–H groups in total. The zero-order valence-electron chi connectivity index (χ0n) is 15.6. The third-order valence-electron chi connectivity index (χ3n) is 5.21. The molecule has 0 fully saturated rings. The maximum atomic E-state index is 5.55. The first kappa shape index (κ1) is 16.8. The SMILES string of the molecule is c1ccc(CCc2nc3cc4c(cc3cc2Cc2ccccc2)OCO4)cc1. The standard InChI is InChI=1S/C25H21NO2/c1-3-7-18(8-4-1)11-12-22-20(13-19-9-5-2-6-10-19)14-21-15-24-25(28-17-27-24)16-23(21)26-22/h1-10,14-16H,11-13,17H2. The smallest absolute Gasteiger partial charge is 0.231 e. The molecule has 3 heteroatoms. The van der Waals surface area contributed by atoms with Gasteiger partial charge >= 0.3 is 0 Å². The van der Waals surface area contributed by atoms with Crippen LogP contribution in [0.25, 0.3) is 10.9 Å². The molecule has 1 aliphatic rings. The van der Waals surface area contributed by atoms with Gasteiger partial charge in [0.25, 0.3) is 0 Å². The lowest BCUT2D eigenvalue weighted by molar-refractivity contribution is 0.174. The molecular formula is C25H21NO2. The van der Waals surface area contributed by atoms with Crippen LogP contribution in [0.2, 0.25) is 0 Å². The fourth-order valence-corrected chi connectivity index (χ4v) is 3.74. The van der Waals surface area contributed by atoms with Crippen LogP contribution in [0.4, 0.5) is 0 Å². The maximum Gasteiger partial charge on any atom is 0.231 e. The molecule has 0 bridgehead atoms. The van der Waals surface area contributed by atoms with Gasteiger partial charge in [-0.05, 0) is 48.1 Å². The second kappa shape index (κ2) is 7.35. The number of benzene rings is 3. The second-order valence-corrected chi connectivity index (χ2v) is 7.14. The molecule has 138 valence electrons. The Morgan fingerprint density at radius 2 is 1.39 bits per heavy atom. The van der Waals surface area contributed by atoms with Gasteiger partial charge in [0.1, 0.15) is 0 Å². The van der Waals surface area contributed by atoms with Gasteiger partial charge in [0, 0.05) is 17.1 Å². The number of pyridine rings is 1. The number of aromatic nitrogens is 1. The van der Waals surface area contributed by atoms with Gasteiger partial charge in [-0.3, -0.25) is 4.98 Å². The Balaban J connectivity index is 1.54. The number of rotatable bonds is 5. The molecule has 5 rings (SSSR count). The number of hydrogen-bond donors (Lipinski definition) is 0. The predicted molar refractivity (Wildman–Crippen MR) is 111 cm³/mol. The third kappa shape index (κ3) is 3.44. The summed E-state index contributed by atoms with van der Waals surface area (Å²) >= 11 is 0. The van der Waals surface area contributed by atoms with Crippen LogP contribution < -0.4 is 9.47 Å². The van der Waals surface area contributed by atoms with Gasteiger partial charge in [-0.2, -0.15) is 0 Å². The molecular weight excluding hydrogens is 346 g/mol. The van der Waals surface area contributed by atoms with Gasteiger partial charge in [0.05, 0.1) is 5.52 Å². The minimum Gasteiger partial charge on any atom is -0.454 e. The maximum absolute atomic E-state index is 5.55. The van der Waals surface area contributed by atoms with Gasteiger partial charge < -0.3 is 9.47 Å². The summed E-state index contributed by atoms with van der Waals surface area (Å²) in [6, 6.07) is 27.5. The van der Waals surface area contributed by atoms with Gasteiger partial charge in [-0.1, -0.05) is 60.7 Å². The second-order valence-electron chi connectivity index (χ2n) is 7.14. The van der Waals surface area contributed by atoms with Crippen molar-refractivity contribution in [2.75, 3.05) is 6.79 Å². The molecule has 3 aromatic carbocycles. The number of ether oxygens (including phenoxy) is 2. The van der Waals surface area contributed by atoms with Crippen molar-refractivity contribution in [2.45, 2.75) is 19.3 Å². The first-order chi connectivity index (χ1) is 13.8. The number of aryl methyl sites for hydroxylation is 2. The Kier molecular flexibility index (Phi) is 4.42. The van der Waals surface area contributed by atoms with E-state index in [0.29, 0.717) is 0 Å². The van der Waals surface area contributed by atoms with E-state index in [0.717, 1.165) is 47.4 Å². The van der Waals surface area contributed by atoms with Crippen LogP contribution in [0, 0.1) is 0 Å². The van der Waals surface area contributed by atoms with Gasteiger partial charge in [0.15, 0.2) is 11.5 Å². The molecule has 0 aliphatic carbocycles. The predicted octanol–water partition coefficient (Wildman–Crippen LogP) is 5.34. The van der Waals surface area contributed by atoms with E-state index in [1.54, 1.807) is 0 Å². The Morgan fingerprint density at radius 1 is 0.714 bits per heavy atom. The van der Waals surface area contributed by atoms with Crippen molar-refractivity contribution in [3.05, 3.63) is 101 Å². The van der Waals surface area contributed by atoms with Crippen molar-refractivity contribution in [3.8, 4) is 11.5 Å². The monoisotopic (exact) mass is 367 g/mol. The summed E-state index contributed by atoms with van der Waals surface area (Å²) in [6.45, 7) is 0.281. The summed E-state index contributed by atoms with van der Waals surface area (Å²) in [5.41, 5.74) is 6.02. The van der Waals surface area contributed by atoms with Crippen molar-refractivity contribution in [3.63, 3.8) is 0 Å². The molecule has 0 radical (unpaired) electrons. The topological polar surface area (TPSA) is 31.4 Å². The quantitative estimate of drug-likeness (QED) is 0.477. The average molecular weight is 367 g/mol. The van der Waals surface area contributed by atoms with Gasteiger partial charge in [0.2, 0.25) is 6.79 Å². The molecule has 0 atom stereocenters. The zero-order chi connectivity index (χ0) is 18.8. The van der Waals surface area contributed by atoms with Crippen molar-refractivity contribution in [2.24, 2.45) is 0 Å². The van der Waals surface area contributed by atoms with Crippen LogP contribution in [-0.2, 0) is 19.3 Å². The minimum absolute atomic E-state index is 0.281. The van der Waals surface area contributed by atoms with Crippen molar-refractivity contribution in [1.82, 2.24) is 4.98 Å². The largest absolute Gasteiger partial charge is 0.454 e. The zero-order valence-corrected chi connectivity index (χ0v) is 15.6. The minimum atomic E-state index is 0.281. The van der Waals surface area contributed by atoms with E-state index < -0.39 is 0 Å². The van der Waals surface area contributed by atoms with Crippen molar-refractivity contribution >= 4 is 10.9 Å². The number of fused-ring (bicyclic) bond motifs is 2. The van der Waals surface area contributed by atoms with Crippen molar-refractivity contribution in [1.29, 1.82) is 0 Å². The van der Waals surface area contributed by atoms with Crippen LogP contribution in [0.1, 0.15) is 22.4 Å². The molecule has 1 aliphatic heterocycles. The third-order valence-corrected chi connectivity index (χ3v) is 5.21. The van der Waals surface area contributed by atoms with Crippen LogP contribution >= 0.6 is 0 Å².